The fraction of sp³-hybridized carbons (Fsp3) is 0.640. The van der Waals surface area contributed by atoms with Gasteiger partial charge in [-0.25, -0.2) is 4.79 Å². The summed E-state index contributed by atoms with van der Waals surface area (Å²) in [6.45, 7) is 16.2. The third kappa shape index (κ3) is 11.9. The molecular formula is C50H73N5O8. The number of rotatable bonds is 5. The molecular weight excluding hydrogens is 799 g/mol. The van der Waals surface area contributed by atoms with Gasteiger partial charge in [0.25, 0.3) is 0 Å². The summed E-state index contributed by atoms with van der Waals surface area (Å²) in [4.78, 5) is 91.6. The van der Waals surface area contributed by atoms with E-state index in [1.807, 2.05) is 96.1 Å². The minimum absolute atomic E-state index is 0.107. The summed E-state index contributed by atoms with van der Waals surface area (Å²) in [6, 6.07) is 14.0. The van der Waals surface area contributed by atoms with Crippen molar-refractivity contribution >= 4 is 35.5 Å². The summed E-state index contributed by atoms with van der Waals surface area (Å²) in [7, 11) is 3.13. The molecule has 4 saturated heterocycles. The molecule has 13 nitrogen and oxygen atoms in total. The third-order valence-corrected chi connectivity index (χ3v) is 14.0. The van der Waals surface area contributed by atoms with E-state index in [2.05, 4.69) is 5.32 Å². The molecule has 5 amide bonds. The first kappa shape index (κ1) is 49.2. The van der Waals surface area contributed by atoms with Gasteiger partial charge in [-0.3, -0.25) is 24.0 Å². The number of nitrogens with zero attached hydrogens (tertiary/aromatic N) is 4. The van der Waals surface area contributed by atoms with Gasteiger partial charge in [0.05, 0.1) is 12.0 Å². The van der Waals surface area contributed by atoms with Gasteiger partial charge in [0.1, 0.15) is 30.3 Å². The number of aliphatic hydroxyl groups excluding tert-OH is 1. The molecule has 4 aliphatic heterocycles. The van der Waals surface area contributed by atoms with Crippen LogP contribution in [0.3, 0.4) is 0 Å². The number of fused-ring (bicyclic) bond motifs is 19. The van der Waals surface area contributed by atoms with Crippen molar-refractivity contribution in [1.82, 2.24) is 24.9 Å². The summed E-state index contributed by atoms with van der Waals surface area (Å²) in [5, 5.41) is 14.4. The maximum absolute atomic E-state index is 14.6. The van der Waals surface area contributed by atoms with E-state index in [9.17, 15) is 33.9 Å². The standard InChI is InChI=1S/C50H73N5O8/c1-11-32(3)43-48(61)55-25-15-18-40(55)49(62)63-42(50(6,7)8)29-31(2)28-41(56)33(4)45(58)54-26-23-38(24-27-54)44(57)51-39(47(60)52(9)34(5)46(59)53(43)10)30-35-19-21-37(22-20-35)36-16-13-12-14-17-36/h12-14,16-17,19-22,31-34,38-43,56H,11,15,18,23-30H2,1-10H3,(H,51,57)/t31-,32-,33-,34-,39-,40-,41-,42-,43-/m0/s1. The first-order valence-electron chi connectivity index (χ1n) is 23.2. The molecule has 2 bridgehead atoms. The molecule has 6 rings (SSSR count). The highest BCUT2D eigenvalue weighted by Gasteiger charge is 2.45. The van der Waals surface area contributed by atoms with Crippen molar-refractivity contribution in [2.24, 2.45) is 29.1 Å². The van der Waals surface area contributed by atoms with E-state index in [4.69, 9.17) is 4.74 Å². The molecule has 0 radical (unpaired) electrons. The first-order chi connectivity index (χ1) is 29.7. The molecule has 63 heavy (non-hydrogen) atoms. The maximum Gasteiger partial charge on any atom is 0.329 e. The van der Waals surface area contributed by atoms with Gasteiger partial charge < -0.3 is 34.8 Å². The number of esters is 1. The first-order valence-corrected chi connectivity index (χ1v) is 23.2. The number of ether oxygens (including phenoxy) is 1. The van der Waals surface area contributed by atoms with E-state index < -0.39 is 71.4 Å². The molecule has 0 saturated carbocycles. The minimum atomic E-state index is -1.02. The van der Waals surface area contributed by atoms with Crippen molar-refractivity contribution in [3.63, 3.8) is 0 Å². The Kier molecular flexibility index (Phi) is 16.6. The SMILES string of the molecule is CC[C@H](C)[C@H]1C(=O)N2CCC[C@H]2C(=O)O[C@H](C(C)(C)C)C[C@@H](C)C[C@H](O)[C@H](C)C(=O)N2CCC(CC2)C(=O)N[C@@H](Cc2ccc(-c3ccccc3)cc2)C(=O)N(C)[C@@H](C)C(=O)N1C. The molecule has 0 spiro atoms. The largest absolute Gasteiger partial charge is 0.460 e. The number of hydrogen-bond acceptors (Lipinski definition) is 8. The minimum Gasteiger partial charge on any atom is -0.460 e. The highest BCUT2D eigenvalue weighted by atomic mass is 16.5. The molecule has 346 valence electrons. The zero-order valence-electron chi connectivity index (χ0n) is 39.3. The lowest BCUT2D eigenvalue weighted by molar-refractivity contribution is -0.166. The van der Waals surface area contributed by atoms with Gasteiger partial charge in [0.2, 0.25) is 29.5 Å². The Balaban J connectivity index is 1.47. The van der Waals surface area contributed by atoms with Crippen molar-refractivity contribution in [3.05, 3.63) is 60.2 Å². The number of hydrogen-bond donors (Lipinski definition) is 2. The summed E-state index contributed by atoms with van der Waals surface area (Å²) < 4.78 is 6.27. The molecule has 4 aliphatic rings. The van der Waals surface area contributed by atoms with Crippen LogP contribution in [0.25, 0.3) is 11.1 Å². The van der Waals surface area contributed by atoms with Gasteiger partial charge in [-0.2, -0.15) is 0 Å². The van der Waals surface area contributed by atoms with Crippen LogP contribution in [0, 0.1) is 29.1 Å². The zero-order valence-corrected chi connectivity index (χ0v) is 39.3. The van der Waals surface area contributed by atoms with Crippen LogP contribution in [-0.2, 0) is 39.9 Å². The molecule has 4 fully saturated rings. The van der Waals surface area contributed by atoms with E-state index in [1.54, 1.807) is 37.7 Å². The van der Waals surface area contributed by atoms with Crippen LogP contribution in [0.5, 0.6) is 0 Å². The number of carbonyl (C=O) groups excluding carboxylic acids is 6. The number of piperidine rings is 1. The van der Waals surface area contributed by atoms with Gasteiger partial charge in [-0.1, -0.05) is 109 Å². The normalized spacial score (nSPS) is 29.8. The Morgan fingerprint density at radius 3 is 2.00 bits per heavy atom. The average Bonchev–Trinajstić information content (AvgIpc) is 3.77. The monoisotopic (exact) mass is 872 g/mol. The summed E-state index contributed by atoms with van der Waals surface area (Å²) in [5.41, 5.74) is 2.42. The van der Waals surface area contributed by atoms with Crippen LogP contribution in [0.2, 0.25) is 0 Å². The van der Waals surface area contributed by atoms with Crippen LogP contribution >= 0.6 is 0 Å². The van der Waals surface area contributed by atoms with Crippen molar-refractivity contribution in [3.8, 4) is 11.1 Å². The third-order valence-electron chi connectivity index (χ3n) is 14.0. The number of amides is 5. The average molecular weight is 872 g/mol. The predicted molar refractivity (Wildman–Crippen MR) is 243 cm³/mol. The van der Waals surface area contributed by atoms with Crippen molar-refractivity contribution in [2.75, 3.05) is 33.7 Å². The Bertz CT molecular complexity index is 1910. The Morgan fingerprint density at radius 1 is 0.778 bits per heavy atom. The van der Waals surface area contributed by atoms with Crippen LogP contribution in [0.4, 0.5) is 0 Å². The molecule has 13 heteroatoms. The lowest BCUT2D eigenvalue weighted by Gasteiger charge is -2.39. The Morgan fingerprint density at radius 2 is 1.40 bits per heavy atom. The molecule has 9 atom stereocenters. The lowest BCUT2D eigenvalue weighted by Crippen LogP contribution is -2.59. The van der Waals surface area contributed by atoms with Crippen LogP contribution in [0.15, 0.2) is 54.6 Å². The molecule has 4 heterocycles. The predicted octanol–water partition coefficient (Wildman–Crippen LogP) is 5.72. The van der Waals surface area contributed by atoms with E-state index in [1.165, 1.54) is 9.80 Å². The maximum atomic E-state index is 14.6. The smallest absolute Gasteiger partial charge is 0.329 e. The molecule has 0 unspecified atom stereocenters. The lowest BCUT2D eigenvalue weighted by atomic mass is 9.81. The van der Waals surface area contributed by atoms with Crippen LogP contribution in [0.1, 0.15) is 106 Å². The van der Waals surface area contributed by atoms with E-state index in [0.29, 0.717) is 64.6 Å². The summed E-state index contributed by atoms with van der Waals surface area (Å²) in [5.74, 6) is -3.75. The molecule has 2 N–H and O–H groups in total. The molecule has 2 aromatic carbocycles. The van der Waals surface area contributed by atoms with Crippen molar-refractivity contribution in [2.45, 2.75) is 143 Å². The van der Waals surface area contributed by atoms with E-state index in [-0.39, 0.29) is 36.0 Å². The molecule has 0 aromatic heterocycles. The van der Waals surface area contributed by atoms with Crippen molar-refractivity contribution in [1.29, 1.82) is 0 Å². The number of benzene rings is 2. The van der Waals surface area contributed by atoms with Crippen LogP contribution < -0.4 is 5.32 Å². The second-order valence-electron chi connectivity index (χ2n) is 19.7. The van der Waals surface area contributed by atoms with Gasteiger partial charge in [0.15, 0.2) is 0 Å². The Labute approximate surface area is 375 Å². The van der Waals surface area contributed by atoms with Gasteiger partial charge in [-0.15, -0.1) is 0 Å². The fourth-order valence-corrected chi connectivity index (χ4v) is 9.37. The topological polar surface area (TPSA) is 157 Å². The molecule has 0 aliphatic carbocycles. The van der Waals surface area contributed by atoms with E-state index in [0.717, 1.165) is 16.7 Å². The summed E-state index contributed by atoms with van der Waals surface area (Å²) >= 11 is 0. The quantitative estimate of drug-likeness (QED) is 0.286. The Hall–Kier alpha value is -4.78. The number of carbonyl (C=O) groups is 6. The van der Waals surface area contributed by atoms with Crippen LogP contribution in [-0.4, -0.2) is 130 Å². The summed E-state index contributed by atoms with van der Waals surface area (Å²) in [6.07, 6.45) is 1.85. The molecule has 2 aromatic rings. The number of aliphatic hydroxyl groups is 1. The fourth-order valence-electron chi connectivity index (χ4n) is 9.37. The van der Waals surface area contributed by atoms with Gasteiger partial charge in [-0.05, 0) is 79.4 Å². The highest BCUT2D eigenvalue weighted by Crippen LogP contribution is 2.33. The van der Waals surface area contributed by atoms with Crippen molar-refractivity contribution < 1.29 is 38.6 Å². The second-order valence-corrected chi connectivity index (χ2v) is 19.7. The number of likely N-dealkylation sites (N-methyl/N-ethyl adjacent to an activating group) is 2. The van der Waals surface area contributed by atoms with Gasteiger partial charge in [0, 0.05) is 46.1 Å². The number of nitrogens with one attached hydrogen (secondary N) is 1. The second kappa shape index (κ2) is 21.3. The van der Waals surface area contributed by atoms with E-state index >= 15 is 0 Å². The van der Waals surface area contributed by atoms with Gasteiger partial charge >= 0.3 is 5.97 Å². The zero-order chi connectivity index (χ0) is 46.3. The highest BCUT2D eigenvalue weighted by molar-refractivity contribution is 5.95.